The van der Waals surface area contributed by atoms with Crippen LogP contribution < -0.4 is 25.0 Å². The second-order valence-corrected chi connectivity index (χ2v) is 22.2. The highest BCUT2D eigenvalue weighted by Gasteiger charge is 2.44. The van der Waals surface area contributed by atoms with E-state index in [1.54, 1.807) is 61.8 Å². The summed E-state index contributed by atoms with van der Waals surface area (Å²) in [7, 11) is 0. The second kappa shape index (κ2) is 22.6. The number of aliphatic hydroxyl groups is 1. The normalized spacial score (nSPS) is 19.8. The van der Waals surface area contributed by atoms with Crippen LogP contribution in [0.3, 0.4) is 0 Å². The fourth-order valence-corrected chi connectivity index (χ4v) is 12.1. The minimum atomic E-state index is -0.971. The molecule has 4 saturated heterocycles. The number of nitrogens with zero attached hydrogens (tertiary/aromatic N) is 8. The number of halogens is 3. The molecule has 424 valence electrons. The molecule has 3 aromatic heterocycles. The zero-order chi connectivity index (χ0) is 56.9. The Morgan fingerprint density at radius 1 is 0.902 bits per heavy atom. The Bertz CT molecular complexity index is 3710. The summed E-state index contributed by atoms with van der Waals surface area (Å²) in [5.74, 6) is -2.43. The number of phenolic OH excluding ortho intramolecular Hbond substituents is 1. The second-order valence-electron chi connectivity index (χ2n) is 22.2. The largest absolute Gasteiger partial charge is 0.508 e. The standard InChI is InChI=1S/C62H63F3N10O7/c1-5-45-49(63)18-17-39-23-42(76)25-47(53(39)45)55-58(56-48(28-67-55)59(73-29-40-24-41(73)27-66-40)70-62(69-56)82-44-19-21-80-22-20-44)81-32-35-9-11-38(12-10-35)51-31-75(72-71-51)57(33(2)3)61(79)74-30-43(77)26-52(74)60(78)68-34(4)36-13-15-37(16-14-36)46-7-6-8-50(64)54(46)65/h6-18,23,25,28,31,33-34,40-41,43-44,52,57,66,76-77H,5,19-22,24,26-27,29-30,32H2,1-4H3,(H,68,78)/t34-,40-,41-,43+,52-,57-/m0/s1. The van der Waals surface area contributed by atoms with Gasteiger partial charge in [0.2, 0.25) is 11.8 Å². The molecule has 20 heteroatoms. The summed E-state index contributed by atoms with van der Waals surface area (Å²) in [6, 6.07) is 22.9. The van der Waals surface area contributed by atoms with Crippen molar-refractivity contribution in [1.29, 1.82) is 0 Å². The van der Waals surface area contributed by atoms with Gasteiger partial charge < -0.3 is 44.9 Å². The third-order valence-electron chi connectivity index (χ3n) is 16.4. The molecular weight excluding hydrogens is 1050 g/mol. The van der Waals surface area contributed by atoms with E-state index in [1.165, 1.54) is 27.8 Å². The van der Waals surface area contributed by atoms with Gasteiger partial charge in [0.25, 0.3) is 0 Å². The van der Waals surface area contributed by atoms with Gasteiger partial charge in [-0.1, -0.05) is 92.7 Å². The van der Waals surface area contributed by atoms with Gasteiger partial charge in [0, 0.05) is 73.9 Å². The lowest BCUT2D eigenvalue weighted by atomic mass is 9.94. The smallest absolute Gasteiger partial charge is 0.319 e. The number of hydrogen-bond donors (Lipinski definition) is 4. The molecule has 12 rings (SSSR count). The summed E-state index contributed by atoms with van der Waals surface area (Å²) in [6.07, 6.45) is 5.08. The molecule has 6 atom stereocenters. The molecule has 4 aliphatic rings. The van der Waals surface area contributed by atoms with Crippen molar-refractivity contribution in [2.75, 3.05) is 37.7 Å². The number of β-amino-alcohol motifs (C(OH)–C–C–N with tert-alkyl or cyclic N) is 1. The van der Waals surface area contributed by atoms with Gasteiger partial charge in [0.15, 0.2) is 17.4 Å². The third kappa shape index (κ3) is 10.5. The Hall–Kier alpha value is -8.20. The number of likely N-dealkylation sites (tertiary alicyclic amines) is 1. The first-order valence-electron chi connectivity index (χ1n) is 28.1. The van der Waals surface area contributed by atoms with Crippen LogP contribution in [0.4, 0.5) is 19.0 Å². The van der Waals surface area contributed by atoms with Gasteiger partial charge in [-0.05, 0) is 83.0 Å². The van der Waals surface area contributed by atoms with Crippen molar-refractivity contribution in [3.8, 4) is 51.2 Å². The van der Waals surface area contributed by atoms with E-state index in [0.717, 1.165) is 31.1 Å². The number of aryl methyl sites for hydroxylation is 1. The van der Waals surface area contributed by atoms with Crippen molar-refractivity contribution in [2.24, 2.45) is 5.92 Å². The summed E-state index contributed by atoms with van der Waals surface area (Å²) in [5, 5.41) is 39.4. The summed E-state index contributed by atoms with van der Waals surface area (Å²) in [4.78, 5) is 47.4. The summed E-state index contributed by atoms with van der Waals surface area (Å²) in [6.45, 7) is 10.1. The van der Waals surface area contributed by atoms with Crippen molar-refractivity contribution in [2.45, 2.75) is 109 Å². The molecule has 82 heavy (non-hydrogen) atoms. The number of carbonyl (C=O) groups excluding carboxylic acids is 2. The van der Waals surface area contributed by atoms with Crippen molar-refractivity contribution in [3.05, 3.63) is 138 Å². The average molecular weight is 1120 g/mol. The number of amides is 2. The molecule has 5 aromatic carbocycles. The van der Waals surface area contributed by atoms with Crippen molar-refractivity contribution in [1.82, 2.24) is 45.5 Å². The molecule has 0 spiro atoms. The Labute approximate surface area is 471 Å². The van der Waals surface area contributed by atoms with Gasteiger partial charge in [0.1, 0.15) is 59.1 Å². The van der Waals surface area contributed by atoms with Gasteiger partial charge >= 0.3 is 6.01 Å². The van der Waals surface area contributed by atoms with Crippen LogP contribution in [0.25, 0.3) is 55.3 Å². The number of aromatic hydroxyl groups is 1. The van der Waals surface area contributed by atoms with Crippen LogP contribution in [0.2, 0.25) is 0 Å². The van der Waals surface area contributed by atoms with Crippen LogP contribution in [-0.2, 0) is 27.4 Å². The topological polar surface area (TPSA) is 202 Å². The number of piperazine rings is 1. The van der Waals surface area contributed by atoms with Crippen molar-refractivity contribution in [3.63, 3.8) is 0 Å². The van der Waals surface area contributed by atoms with Gasteiger partial charge in [-0.2, -0.15) is 9.97 Å². The molecule has 0 aliphatic carbocycles. The van der Waals surface area contributed by atoms with Gasteiger partial charge in [-0.25, -0.2) is 17.9 Å². The highest BCUT2D eigenvalue weighted by molar-refractivity contribution is 6.04. The number of aromatic nitrogens is 6. The molecule has 0 radical (unpaired) electrons. The van der Waals surface area contributed by atoms with E-state index in [9.17, 15) is 28.6 Å². The van der Waals surface area contributed by atoms with E-state index in [4.69, 9.17) is 29.2 Å². The van der Waals surface area contributed by atoms with Crippen molar-refractivity contribution < 1.29 is 47.2 Å². The van der Waals surface area contributed by atoms with Crippen LogP contribution in [0.1, 0.15) is 82.2 Å². The number of carbonyl (C=O) groups is 2. The van der Waals surface area contributed by atoms with E-state index < -0.39 is 47.7 Å². The lowest BCUT2D eigenvalue weighted by Gasteiger charge is -2.30. The van der Waals surface area contributed by atoms with E-state index in [0.29, 0.717) is 111 Å². The van der Waals surface area contributed by atoms with Crippen LogP contribution in [0, 0.1) is 23.4 Å². The number of phenols is 1. The summed E-state index contributed by atoms with van der Waals surface area (Å²) in [5.41, 5.74) is 5.04. The summed E-state index contributed by atoms with van der Waals surface area (Å²) >= 11 is 0. The third-order valence-corrected chi connectivity index (χ3v) is 16.4. The minimum absolute atomic E-state index is 0.0221. The number of hydrogen-bond acceptors (Lipinski definition) is 14. The van der Waals surface area contributed by atoms with Gasteiger partial charge in [0.05, 0.1) is 36.9 Å². The fraction of sp³-hybridized carbons (Fsp3) is 0.371. The minimum Gasteiger partial charge on any atom is -0.508 e. The molecule has 7 heterocycles. The van der Waals surface area contributed by atoms with Crippen LogP contribution in [0.15, 0.2) is 103 Å². The number of pyridine rings is 1. The molecule has 0 unspecified atom stereocenters. The maximum atomic E-state index is 15.7. The number of aliphatic hydroxyl groups excluding tert-OH is 1. The maximum absolute atomic E-state index is 15.7. The fourth-order valence-electron chi connectivity index (χ4n) is 12.1. The number of rotatable bonds is 16. The molecule has 0 saturated carbocycles. The van der Waals surface area contributed by atoms with E-state index in [-0.39, 0.29) is 60.8 Å². The molecule has 4 fully saturated rings. The molecular formula is C62H63F3N10O7. The van der Waals surface area contributed by atoms with E-state index in [2.05, 4.69) is 25.8 Å². The van der Waals surface area contributed by atoms with Crippen LogP contribution in [-0.4, -0.2) is 120 Å². The number of benzene rings is 5. The zero-order valence-electron chi connectivity index (χ0n) is 45.9. The molecule has 4 N–H and O–H groups in total. The van der Waals surface area contributed by atoms with E-state index >= 15 is 4.39 Å². The number of nitrogens with one attached hydrogen (secondary N) is 2. The number of ether oxygens (including phenoxy) is 3. The van der Waals surface area contributed by atoms with Crippen LogP contribution >= 0.6 is 0 Å². The Kier molecular flexibility index (Phi) is 15.0. The van der Waals surface area contributed by atoms with E-state index in [1.807, 2.05) is 45.0 Å². The highest BCUT2D eigenvalue weighted by atomic mass is 19.2. The Balaban J connectivity index is 0.809. The molecule has 17 nitrogen and oxygen atoms in total. The lowest BCUT2D eigenvalue weighted by molar-refractivity contribution is -0.142. The predicted molar refractivity (Wildman–Crippen MR) is 301 cm³/mol. The average Bonchev–Trinajstić information content (AvgIpc) is 4.37. The monoisotopic (exact) mass is 1120 g/mol. The van der Waals surface area contributed by atoms with Crippen LogP contribution in [0.5, 0.6) is 17.5 Å². The quantitative estimate of drug-likeness (QED) is 0.0713. The zero-order valence-corrected chi connectivity index (χ0v) is 45.9. The Morgan fingerprint density at radius 3 is 2.41 bits per heavy atom. The first kappa shape index (κ1) is 54.4. The Morgan fingerprint density at radius 2 is 1.68 bits per heavy atom. The molecule has 8 aromatic rings. The first-order valence-corrected chi connectivity index (χ1v) is 28.1. The SMILES string of the molecule is CCc1c(F)ccc2cc(O)cc(-c3ncc4c(N5C[C@@H]6C[C@H]5CN6)nc(OC5CCOCC5)nc4c3OCc3ccc(-c4cn([C@H](C(=O)N5C[C@H](O)C[C@H]5C(=O)N[C@@H](C)c5ccc(-c6cccc(F)c6F)cc5)C(C)C)nn4)cc3)c12. The molecule has 2 amide bonds. The molecule has 4 aliphatic heterocycles. The lowest BCUT2D eigenvalue weighted by Crippen LogP contribution is -2.49. The predicted octanol–water partition coefficient (Wildman–Crippen LogP) is 9.18. The number of fused-ring (bicyclic) bond motifs is 4. The highest BCUT2D eigenvalue weighted by Crippen LogP contribution is 2.45. The first-order chi connectivity index (χ1) is 39.7. The number of anilines is 1. The van der Waals surface area contributed by atoms with Crippen molar-refractivity contribution >= 4 is 39.3 Å². The molecule has 2 bridgehead atoms. The summed E-state index contributed by atoms with van der Waals surface area (Å²) < 4.78 is 64.8. The maximum Gasteiger partial charge on any atom is 0.319 e. The van der Waals surface area contributed by atoms with Gasteiger partial charge in [-0.3, -0.25) is 14.6 Å². The van der Waals surface area contributed by atoms with Gasteiger partial charge in [-0.15, -0.1) is 5.10 Å².